The van der Waals surface area contributed by atoms with Crippen LogP contribution in [0.2, 0.25) is 0 Å². The molecule has 0 aliphatic carbocycles. The number of carbonyl (C=O) groups is 1. The van der Waals surface area contributed by atoms with E-state index in [9.17, 15) is 4.79 Å². The van der Waals surface area contributed by atoms with E-state index in [0.29, 0.717) is 4.58 Å². The van der Waals surface area contributed by atoms with E-state index in [1.807, 2.05) is 23.5 Å². The van der Waals surface area contributed by atoms with Crippen LogP contribution in [-0.2, 0) is 9.53 Å². The number of thioether (sulfide) groups is 2. The quantitative estimate of drug-likeness (QED) is 0.702. The highest BCUT2D eigenvalue weighted by atomic mass is 32.2. The lowest BCUT2D eigenvalue weighted by Crippen LogP contribution is -2.37. The summed E-state index contributed by atoms with van der Waals surface area (Å²) in [4.78, 5) is 11.8. The molecule has 0 aromatic rings. The molecule has 1 heterocycles. The highest BCUT2D eigenvalue weighted by molar-refractivity contribution is 8.17. The van der Waals surface area contributed by atoms with Crippen molar-refractivity contribution < 1.29 is 9.53 Å². The predicted molar refractivity (Wildman–Crippen MR) is 68.3 cm³/mol. The Morgan fingerprint density at radius 1 is 1.33 bits per heavy atom. The van der Waals surface area contributed by atoms with Crippen molar-refractivity contribution in [3.63, 3.8) is 0 Å². The third-order valence-corrected chi connectivity index (χ3v) is 5.58. The van der Waals surface area contributed by atoms with E-state index in [1.165, 1.54) is 25.0 Å². The fraction of sp³-hybridized carbons (Fsp3) is 0.909. The number of hydrogen-bond acceptors (Lipinski definition) is 4. The fourth-order valence-electron chi connectivity index (χ4n) is 1.70. The lowest BCUT2D eigenvalue weighted by Gasteiger charge is -2.35. The molecule has 0 saturated carbocycles. The average molecular weight is 248 g/mol. The van der Waals surface area contributed by atoms with Gasteiger partial charge >= 0.3 is 5.97 Å². The monoisotopic (exact) mass is 248 g/mol. The van der Waals surface area contributed by atoms with E-state index >= 15 is 0 Å². The average Bonchev–Trinajstić information content (AvgIpc) is 2.17. The van der Waals surface area contributed by atoms with E-state index in [4.69, 9.17) is 4.74 Å². The van der Waals surface area contributed by atoms with Crippen molar-refractivity contribution in [2.75, 3.05) is 18.6 Å². The van der Waals surface area contributed by atoms with Gasteiger partial charge < -0.3 is 4.74 Å². The van der Waals surface area contributed by atoms with E-state index in [1.54, 1.807) is 0 Å². The van der Waals surface area contributed by atoms with Crippen LogP contribution in [0.5, 0.6) is 0 Å². The maximum Gasteiger partial charge on any atom is 0.311 e. The van der Waals surface area contributed by atoms with Crippen LogP contribution in [0, 0.1) is 11.3 Å². The Kier molecular flexibility index (Phi) is 4.84. The molecular formula is C11H20O2S2. The number of carbonyl (C=O) groups excluding carboxylic acids is 1. The molecule has 1 aliphatic heterocycles. The zero-order valence-electron chi connectivity index (χ0n) is 9.91. The smallest absolute Gasteiger partial charge is 0.311 e. The van der Waals surface area contributed by atoms with Crippen molar-refractivity contribution in [1.29, 1.82) is 0 Å². The Balaban J connectivity index is 2.75. The van der Waals surface area contributed by atoms with Crippen LogP contribution in [0.3, 0.4) is 0 Å². The predicted octanol–water partition coefficient (Wildman–Crippen LogP) is 3.02. The van der Waals surface area contributed by atoms with Gasteiger partial charge in [0.05, 0.1) is 17.6 Å². The van der Waals surface area contributed by atoms with Gasteiger partial charge in [-0.15, -0.1) is 23.5 Å². The van der Waals surface area contributed by atoms with Crippen LogP contribution in [-0.4, -0.2) is 29.2 Å². The van der Waals surface area contributed by atoms with E-state index in [0.717, 1.165) is 0 Å². The normalized spacial score (nSPS) is 21.1. The fourth-order valence-corrected chi connectivity index (χ4v) is 5.35. The van der Waals surface area contributed by atoms with Crippen LogP contribution in [0.1, 0.15) is 27.2 Å². The van der Waals surface area contributed by atoms with E-state index < -0.39 is 0 Å². The largest absolute Gasteiger partial charge is 0.469 e. The Hall–Kier alpha value is 0.170. The minimum Gasteiger partial charge on any atom is -0.469 e. The van der Waals surface area contributed by atoms with Gasteiger partial charge in [0.1, 0.15) is 0 Å². The van der Waals surface area contributed by atoms with E-state index in [-0.39, 0.29) is 17.3 Å². The summed E-state index contributed by atoms with van der Waals surface area (Å²) >= 11 is 3.81. The first-order chi connectivity index (χ1) is 6.96. The van der Waals surface area contributed by atoms with Crippen molar-refractivity contribution in [2.45, 2.75) is 31.8 Å². The summed E-state index contributed by atoms with van der Waals surface area (Å²) < 4.78 is 5.29. The van der Waals surface area contributed by atoms with Crippen molar-refractivity contribution >= 4 is 29.5 Å². The summed E-state index contributed by atoms with van der Waals surface area (Å²) in [6, 6.07) is 0. The number of rotatable bonds is 2. The second kappa shape index (κ2) is 5.48. The van der Waals surface area contributed by atoms with Crippen molar-refractivity contribution in [2.24, 2.45) is 11.3 Å². The number of hydrogen-bond donors (Lipinski definition) is 0. The van der Waals surface area contributed by atoms with Crippen molar-refractivity contribution in [1.82, 2.24) is 0 Å². The maximum atomic E-state index is 11.8. The molecule has 0 spiro atoms. The molecule has 0 N–H and O–H groups in total. The van der Waals surface area contributed by atoms with E-state index in [2.05, 4.69) is 20.8 Å². The molecule has 1 aliphatic rings. The van der Waals surface area contributed by atoms with Gasteiger partial charge in [-0.25, -0.2) is 0 Å². The molecule has 88 valence electrons. The van der Waals surface area contributed by atoms with Gasteiger partial charge in [-0.1, -0.05) is 20.8 Å². The topological polar surface area (TPSA) is 26.3 Å². The molecule has 2 nitrogen and oxygen atoms in total. The Morgan fingerprint density at radius 2 is 1.87 bits per heavy atom. The van der Waals surface area contributed by atoms with Gasteiger partial charge in [-0.05, 0) is 23.3 Å². The highest BCUT2D eigenvalue weighted by Crippen LogP contribution is 2.43. The molecule has 0 bridgehead atoms. The Labute approximate surface area is 101 Å². The molecule has 0 aromatic heterocycles. The summed E-state index contributed by atoms with van der Waals surface area (Å²) in [5.74, 6) is 2.27. The van der Waals surface area contributed by atoms with Gasteiger partial charge in [0.2, 0.25) is 0 Å². The number of esters is 1. The van der Waals surface area contributed by atoms with Gasteiger partial charge in [0.15, 0.2) is 0 Å². The zero-order valence-corrected chi connectivity index (χ0v) is 11.5. The van der Waals surface area contributed by atoms with Crippen LogP contribution in [0.15, 0.2) is 0 Å². The van der Waals surface area contributed by atoms with Crippen LogP contribution >= 0.6 is 23.5 Å². The lowest BCUT2D eigenvalue weighted by molar-refractivity contribution is -0.148. The second-order valence-electron chi connectivity index (χ2n) is 4.83. The SMILES string of the molecule is COC(=O)C(C1SCCCS1)C(C)(C)C. The summed E-state index contributed by atoms with van der Waals surface area (Å²) in [7, 11) is 1.49. The zero-order chi connectivity index (χ0) is 11.5. The molecule has 0 radical (unpaired) electrons. The summed E-state index contributed by atoms with van der Waals surface area (Å²) in [5.41, 5.74) is -0.0188. The molecule has 0 amide bonds. The molecule has 4 heteroatoms. The molecule has 1 fully saturated rings. The first-order valence-corrected chi connectivity index (χ1v) is 7.37. The Bertz CT molecular complexity index is 217. The standard InChI is InChI=1S/C11H20O2S2/c1-11(2,3)8(9(12)13-4)10-14-6-5-7-15-10/h8,10H,5-7H2,1-4H3. The third-order valence-electron chi connectivity index (χ3n) is 2.51. The maximum absolute atomic E-state index is 11.8. The summed E-state index contributed by atoms with van der Waals surface area (Å²) in [6.45, 7) is 6.35. The van der Waals surface area contributed by atoms with Crippen molar-refractivity contribution in [3.05, 3.63) is 0 Å². The first kappa shape index (κ1) is 13.2. The van der Waals surface area contributed by atoms with Crippen LogP contribution < -0.4 is 0 Å². The molecule has 1 saturated heterocycles. The van der Waals surface area contributed by atoms with Crippen molar-refractivity contribution in [3.8, 4) is 0 Å². The van der Waals surface area contributed by atoms with Gasteiger partial charge in [-0.2, -0.15) is 0 Å². The lowest BCUT2D eigenvalue weighted by atomic mass is 9.82. The minimum atomic E-state index is -0.0607. The molecule has 1 atom stereocenters. The molecule has 0 aromatic carbocycles. The summed E-state index contributed by atoms with van der Waals surface area (Å²) in [6.07, 6.45) is 1.25. The minimum absolute atomic E-state index is 0.00204. The van der Waals surface area contributed by atoms with Gasteiger partial charge in [-0.3, -0.25) is 4.79 Å². The molecular weight excluding hydrogens is 228 g/mol. The number of ether oxygens (including phenoxy) is 1. The summed E-state index contributed by atoms with van der Waals surface area (Å²) in [5, 5.41) is 0. The number of methoxy groups -OCH3 is 1. The van der Waals surface area contributed by atoms with Crippen LogP contribution in [0.4, 0.5) is 0 Å². The van der Waals surface area contributed by atoms with Crippen LogP contribution in [0.25, 0.3) is 0 Å². The Morgan fingerprint density at radius 3 is 2.27 bits per heavy atom. The van der Waals surface area contributed by atoms with Gasteiger partial charge in [0, 0.05) is 0 Å². The first-order valence-electron chi connectivity index (χ1n) is 5.28. The molecule has 1 rings (SSSR count). The second-order valence-corrected chi connectivity index (χ2v) is 7.63. The van der Waals surface area contributed by atoms with Gasteiger partial charge in [0.25, 0.3) is 0 Å². The third kappa shape index (κ3) is 3.59. The highest BCUT2D eigenvalue weighted by Gasteiger charge is 2.40. The molecule has 15 heavy (non-hydrogen) atoms. The molecule has 1 unspecified atom stereocenters.